The van der Waals surface area contributed by atoms with Crippen molar-refractivity contribution < 1.29 is 32.5 Å². The summed E-state index contributed by atoms with van der Waals surface area (Å²) < 4.78 is 53.9. The Balaban J connectivity index is 0.00000405. The highest BCUT2D eigenvalue weighted by molar-refractivity contribution is 7.18. The normalized spacial score (nSPS) is 12.8. The van der Waals surface area contributed by atoms with Crippen molar-refractivity contribution in [1.29, 1.82) is 0 Å². The van der Waals surface area contributed by atoms with Gasteiger partial charge in [-0.15, -0.1) is 23.7 Å². The van der Waals surface area contributed by atoms with Gasteiger partial charge in [0.15, 0.2) is 0 Å². The number of methoxy groups -OCH3 is 1. The molecule has 0 radical (unpaired) electrons. The quantitative estimate of drug-likeness (QED) is 0.182. The number of nitrogens with two attached hydrogens (primary N) is 1. The molecule has 0 saturated carbocycles. The highest BCUT2D eigenvalue weighted by atomic mass is 35.5. The van der Waals surface area contributed by atoms with Crippen LogP contribution in [-0.4, -0.2) is 40.4 Å². The Morgan fingerprint density at radius 3 is 2.33 bits per heavy atom. The number of carbonyl (C=O) groups is 1. The molecule has 0 aliphatic heterocycles. The zero-order valence-corrected chi connectivity index (χ0v) is 23.7. The Bertz CT molecular complexity index is 1680. The van der Waals surface area contributed by atoms with E-state index in [0.717, 1.165) is 22.3 Å². The van der Waals surface area contributed by atoms with Crippen LogP contribution in [0.25, 0.3) is 32.5 Å². The molecule has 42 heavy (non-hydrogen) atoms. The zero-order chi connectivity index (χ0) is 29.1. The number of alkyl halides is 3. The molecule has 2 atom stereocenters. The average molecular weight is 616 g/mol. The maximum absolute atomic E-state index is 14.2. The molecule has 5 aromatic rings. The van der Waals surface area contributed by atoms with Gasteiger partial charge in [-0.2, -0.15) is 13.2 Å². The molecule has 0 amide bonds. The maximum Gasteiger partial charge on any atom is 0.429 e. The molecule has 0 saturated heterocycles. The lowest BCUT2D eigenvalue weighted by Gasteiger charge is -2.22. The van der Waals surface area contributed by atoms with Gasteiger partial charge in [-0.05, 0) is 40.8 Å². The molecule has 0 fully saturated rings. The minimum Gasteiger partial charge on any atom is -0.497 e. The third-order valence-electron chi connectivity index (χ3n) is 6.50. The van der Waals surface area contributed by atoms with Crippen LogP contribution >= 0.6 is 23.7 Å². The molecule has 218 valence electrons. The average Bonchev–Trinajstić information content (AvgIpc) is 3.41. The monoisotopic (exact) mass is 615 g/mol. The summed E-state index contributed by atoms with van der Waals surface area (Å²) in [5.74, 6) is -0.619. The third-order valence-corrected chi connectivity index (χ3v) is 7.46. The summed E-state index contributed by atoms with van der Waals surface area (Å²) in [4.78, 5) is 19.4. The van der Waals surface area contributed by atoms with Gasteiger partial charge in [0.2, 0.25) is 12.0 Å². The first-order valence-electron chi connectivity index (χ1n) is 12.4. The minimum atomic E-state index is -4.71. The second-order valence-corrected chi connectivity index (χ2v) is 10.1. The topological polar surface area (TPSA) is 108 Å². The lowest BCUT2D eigenvalue weighted by Crippen LogP contribution is -2.32. The van der Waals surface area contributed by atoms with Gasteiger partial charge in [-0.1, -0.05) is 60.7 Å². The standard InChI is InChI=1S/C30H24F3N3O4S.ClH/c1-39-22-4-2-3-21(14-22)18-9-11-20(12-10-18)27(30(31,32)33)40-28-26-25(35-16-36-28)23(15-41-26)19-7-5-17(6-8-19)13-24(34)29(37)38;/h2-12,14-16,24,27H,13,34H2,1H3,(H,37,38);1H/t24-,27?;/m0./s1. The number of aliphatic carboxylic acids is 1. The molecule has 7 nitrogen and oxygen atoms in total. The van der Waals surface area contributed by atoms with Crippen molar-refractivity contribution in [3.8, 4) is 33.9 Å². The molecule has 0 aliphatic carbocycles. The molecule has 0 bridgehead atoms. The third kappa shape index (κ3) is 6.64. The van der Waals surface area contributed by atoms with Gasteiger partial charge in [-0.25, -0.2) is 9.97 Å². The first-order valence-corrected chi connectivity index (χ1v) is 13.3. The fourth-order valence-electron chi connectivity index (χ4n) is 4.37. The molecule has 2 aromatic heterocycles. The molecule has 0 aliphatic rings. The van der Waals surface area contributed by atoms with Crippen LogP contribution in [0.5, 0.6) is 11.6 Å². The van der Waals surface area contributed by atoms with Crippen molar-refractivity contribution in [2.75, 3.05) is 7.11 Å². The van der Waals surface area contributed by atoms with Crippen LogP contribution in [0.4, 0.5) is 13.2 Å². The van der Waals surface area contributed by atoms with Crippen molar-refractivity contribution in [1.82, 2.24) is 9.97 Å². The smallest absolute Gasteiger partial charge is 0.429 e. The van der Waals surface area contributed by atoms with Gasteiger partial charge in [0, 0.05) is 16.5 Å². The number of carboxylic acids is 1. The Kier molecular flexibility index (Phi) is 9.35. The first-order chi connectivity index (χ1) is 19.6. The lowest BCUT2D eigenvalue weighted by molar-refractivity contribution is -0.198. The molecule has 3 aromatic carbocycles. The molecule has 0 spiro atoms. The Morgan fingerprint density at radius 2 is 1.69 bits per heavy atom. The molecular formula is C30H25ClF3N3O4S. The number of hydrogen-bond donors (Lipinski definition) is 2. The Morgan fingerprint density at radius 1 is 1.00 bits per heavy atom. The van der Waals surface area contributed by atoms with Crippen LogP contribution in [0.2, 0.25) is 0 Å². The van der Waals surface area contributed by atoms with E-state index in [0.29, 0.717) is 21.5 Å². The zero-order valence-electron chi connectivity index (χ0n) is 22.0. The van der Waals surface area contributed by atoms with E-state index in [1.165, 1.54) is 29.8 Å². The number of thiophene rings is 1. The van der Waals surface area contributed by atoms with Gasteiger partial charge in [0.05, 0.1) is 12.6 Å². The Labute approximate surface area is 249 Å². The molecule has 5 rings (SSSR count). The molecule has 1 unspecified atom stereocenters. The van der Waals surface area contributed by atoms with Crippen molar-refractivity contribution in [3.05, 3.63) is 95.6 Å². The van der Waals surface area contributed by atoms with Gasteiger partial charge < -0.3 is 20.3 Å². The van der Waals surface area contributed by atoms with Gasteiger partial charge >= 0.3 is 12.1 Å². The summed E-state index contributed by atoms with van der Waals surface area (Å²) in [6.07, 6.45) is -5.61. The van der Waals surface area contributed by atoms with E-state index >= 15 is 0 Å². The van der Waals surface area contributed by atoms with Crippen LogP contribution < -0.4 is 15.2 Å². The number of aromatic nitrogens is 2. The highest BCUT2D eigenvalue weighted by Crippen LogP contribution is 2.42. The second-order valence-electron chi connectivity index (χ2n) is 9.25. The van der Waals surface area contributed by atoms with E-state index in [4.69, 9.17) is 20.3 Å². The predicted octanol–water partition coefficient (Wildman–Crippen LogP) is 7.09. The first kappa shape index (κ1) is 30.8. The van der Waals surface area contributed by atoms with Crippen molar-refractivity contribution in [2.24, 2.45) is 5.73 Å². The Hall–Kier alpha value is -4.19. The number of carboxylic acid groups (broad SMARTS) is 1. The molecule has 3 N–H and O–H groups in total. The summed E-state index contributed by atoms with van der Waals surface area (Å²) in [5.41, 5.74) is 9.73. The molecule has 2 heterocycles. The number of nitrogens with zero attached hydrogens (tertiary/aromatic N) is 2. The van der Waals surface area contributed by atoms with Crippen LogP contribution in [0, 0.1) is 0 Å². The van der Waals surface area contributed by atoms with Crippen LogP contribution in [-0.2, 0) is 11.2 Å². The van der Waals surface area contributed by atoms with E-state index in [1.807, 2.05) is 12.1 Å². The number of fused-ring (bicyclic) bond motifs is 1. The number of benzene rings is 3. The van der Waals surface area contributed by atoms with Gasteiger partial charge in [0.25, 0.3) is 0 Å². The van der Waals surface area contributed by atoms with Crippen molar-refractivity contribution in [2.45, 2.75) is 24.7 Å². The van der Waals surface area contributed by atoms with Crippen LogP contribution in [0.15, 0.2) is 84.5 Å². The van der Waals surface area contributed by atoms with Crippen LogP contribution in [0.1, 0.15) is 17.2 Å². The van der Waals surface area contributed by atoms with E-state index in [1.54, 1.807) is 61.0 Å². The minimum absolute atomic E-state index is 0. The summed E-state index contributed by atoms with van der Waals surface area (Å²) in [6.45, 7) is 0. The van der Waals surface area contributed by atoms with E-state index in [9.17, 15) is 18.0 Å². The SMILES string of the molecule is COc1cccc(-c2ccc(C(Oc3ncnc4c(-c5ccc(C[C@H](N)C(=O)O)cc5)csc34)C(F)(F)F)cc2)c1.Cl. The van der Waals surface area contributed by atoms with E-state index in [2.05, 4.69) is 9.97 Å². The summed E-state index contributed by atoms with van der Waals surface area (Å²) in [7, 11) is 1.55. The van der Waals surface area contributed by atoms with E-state index in [-0.39, 0.29) is 30.3 Å². The lowest BCUT2D eigenvalue weighted by atomic mass is 10.0. The second kappa shape index (κ2) is 12.8. The number of halogens is 4. The fraction of sp³-hybridized carbons (Fsp3) is 0.167. The summed E-state index contributed by atoms with van der Waals surface area (Å²) >= 11 is 1.18. The number of ether oxygens (including phenoxy) is 2. The predicted molar refractivity (Wildman–Crippen MR) is 157 cm³/mol. The van der Waals surface area contributed by atoms with Crippen molar-refractivity contribution in [3.63, 3.8) is 0 Å². The van der Waals surface area contributed by atoms with Gasteiger partial charge in [0.1, 0.15) is 22.8 Å². The highest BCUT2D eigenvalue weighted by Gasteiger charge is 2.43. The van der Waals surface area contributed by atoms with Crippen LogP contribution in [0.3, 0.4) is 0 Å². The fourth-order valence-corrected chi connectivity index (χ4v) is 5.33. The molecule has 12 heteroatoms. The largest absolute Gasteiger partial charge is 0.497 e. The number of rotatable bonds is 9. The number of hydrogen-bond acceptors (Lipinski definition) is 7. The van der Waals surface area contributed by atoms with E-state index < -0.39 is 24.3 Å². The molecular weight excluding hydrogens is 591 g/mol. The van der Waals surface area contributed by atoms with Gasteiger partial charge in [-0.3, -0.25) is 4.79 Å². The maximum atomic E-state index is 14.2. The van der Waals surface area contributed by atoms with Crippen molar-refractivity contribution >= 4 is 39.9 Å². The summed E-state index contributed by atoms with van der Waals surface area (Å²) in [5, 5.41) is 10.8. The summed E-state index contributed by atoms with van der Waals surface area (Å²) in [6, 6.07) is 19.3.